The summed E-state index contributed by atoms with van der Waals surface area (Å²) in [5.41, 5.74) is 3.24. The summed E-state index contributed by atoms with van der Waals surface area (Å²) in [6.07, 6.45) is 3.75. The fraction of sp³-hybridized carbons (Fsp3) is 0.143. The van der Waals surface area contributed by atoms with Crippen molar-refractivity contribution in [1.29, 1.82) is 0 Å². The standard InChI is InChI=1S/C14H12BrN3S/c1-9(18-11-2-3-14(15)17-8-11)10-6-13-12(16-7-10)4-5-19-13/h2-9,18H,1H3. The van der Waals surface area contributed by atoms with Crippen molar-refractivity contribution in [2.45, 2.75) is 13.0 Å². The Hall–Kier alpha value is -1.46. The highest BCUT2D eigenvalue weighted by Crippen LogP contribution is 2.24. The van der Waals surface area contributed by atoms with Gasteiger partial charge in [0.05, 0.1) is 28.1 Å². The maximum absolute atomic E-state index is 4.47. The summed E-state index contributed by atoms with van der Waals surface area (Å²) in [4.78, 5) is 8.67. The zero-order valence-corrected chi connectivity index (χ0v) is 12.7. The van der Waals surface area contributed by atoms with Gasteiger partial charge in [-0.25, -0.2) is 4.98 Å². The van der Waals surface area contributed by atoms with Gasteiger partial charge in [0.25, 0.3) is 0 Å². The van der Waals surface area contributed by atoms with Gasteiger partial charge in [-0.3, -0.25) is 4.98 Å². The van der Waals surface area contributed by atoms with Crippen LogP contribution in [0, 0.1) is 0 Å². The summed E-state index contributed by atoms with van der Waals surface area (Å²) in [6, 6.07) is 8.36. The molecule has 1 atom stereocenters. The molecule has 0 saturated heterocycles. The lowest BCUT2D eigenvalue weighted by atomic mass is 10.1. The van der Waals surface area contributed by atoms with E-state index in [0.29, 0.717) is 0 Å². The van der Waals surface area contributed by atoms with Gasteiger partial charge in [0, 0.05) is 6.20 Å². The van der Waals surface area contributed by atoms with Crippen molar-refractivity contribution in [2.24, 2.45) is 0 Å². The number of halogens is 1. The number of fused-ring (bicyclic) bond motifs is 1. The van der Waals surface area contributed by atoms with Crippen LogP contribution in [-0.4, -0.2) is 9.97 Å². The second-order valence-electron chi connectivity index (χ2n) is 4.31. The Balaban J connectivity index is 1.82. The second-order valence-corrected chi connectivity index (χ2v) is 6.07. The first-order valence-corrected chi connectivity index (χ1v) is 7.61. The third-order valence-corrected chi connectivity index (χ3v) is 4.26. The molecule has 0 radical (unpaired) electrons. The highest BCUT2D eigenvalue weighted by atomic mass is 79.9. The molecule has 0 aromatic carbocycles. The van der Waals surface area contributed by atoms with Gasteiger partial charge < -0.3 is 5.32 Å². The average Bonchev–Trinajstić information content (AvgIpc) is 2.88. The predicted octanol–water partition coefficient (Wildman–Crippen LogP) is 4.63. The molecule has 0 fully saturated rings. The van der Waals surface area contributed by atoms with Crippen molar-refractivity contribution in [3.05, 3.63) is 52.2 Å². The van der Waals surface area contributed by atoms with Crippen LogP contribution in [0.25, 0.3) is 10.2 Å². The lowest BCUT2D eigenvalue weighted by Gasteiger charge is -2.15. The van der Waals surface area contributed by atoms with Gasteiger partial charge in [-0.2, -0.15) is 0 Å². The molecule has 0 aliphatic carbocycles. The number of nitrogens with one attached hydrogen (secondary N) is 1. The van der Waals surface area contributed by atoms with Gasteiger partial charge in [0.1, 0.15) is 4.60 Å². The molecule has 3 nitrogen and oxygen atoms in total. The predicted molar refractivity (Wildman–Crippen MR) is 83.6 cm³/mol. The van der Waals surface area contributed by atoms with Crippen LogP contribution in [0.4, 0.5) is 5.69 Å². The number of anilines is 1. The molecule has 0 bridgehead atoms. The van der Waals surface area contributed by atoms with E-state index in [2.05, 4.69) is 49.6 Å². The fourth-order valence-corrected chi connectivity index (χ4v) is 2.92. The van der Waals surface area contributed by atoms with Crippen molar-refractivity contribution >= 4 is 43.2 Å². The van der Waals surface area contributed by atoms with Gasteiger partial charge in [-0.05, 0) is 58.1 Å². The molecule has 19 heavy (non-hydrogen) atoms. The molecule has 0 aliphatic rings. The maximum atomic E-state index is 4.47. The normalized spacial score (nSPS) is 12.5. The van der Waals surface area contributed by atoms with E-state index >= 15 is 0 Å². The summed E-state index contributed by atoms with van der Waals surface area (Å²) >= 11 is 5.05. The number of nitrogens with zero attached hydrogens (tertiary/aromatic N) is 2. The van der Waals surface area contributed by atoms with Crippen LogP contribution in [0.2, 0.25) is 0 Å². The molecule has 3 heterocycles. The van der Waals surface area contributed by atoms with E-state index in [1.807, 2.05) is 30.6 Å². The number of hydrogen-bond donors (Lipinski definition) is 1. The van der Waals surface area contributed by atoms with Crippen molar-refractivity contribution in [2.75, 3.05) is 5.32 Å². The van der Waals surface area contributed by atoms with Crippen LogP contribution >= 0.6 is 27.3 Å². The van der Waals surface area contributed by atoms with Crippen molar-refractivity contribution in [3.63, 3.8) is 0 Å². The van der Waals surface area contributed by atoms with Gasteiger partial charge in [-0.15, -0.1) is 11.3 Å². The average molecular weight is 334 g/mol. The van der Waals surface area contributed by atoms with Crippen molar-refractivity contribution in [1.82, 2.24) is 9.97 Å². The van der Waals surface area contributed by atoms with E-state index < -0.39 is 0 Å². The zero-order chi connectivity index (χ0) is 13.2. The smallest absolute Gasteiger partial charge is 0.106 e. The summed E-state index contributed by atoms with van der Waals surface area (Å²) in [6.45, 7) is 2.12. The summed E-state index contributed by atoms with van der Waals surface area (Å²) in [5, 5.41) is 5.49. The van der Waals surface area contributed by atoms with Crippen LogP contribution < -0.4 is 5.32 Å². The van der Waals surface area contributed by atoms with E-state index in [1.54, 1.807) is 11.3 Å². The first-order valence-electron chi connectivity index (χ1n) is 5.93. The van der Waals surface area contributed by atoms with E-state index in [9.17, 15) is 0 Å². The zero-order valence-electron chi connectivity index (χ0n) is 10.3. The Morgan fingerprint density at radius 2 is 2.11 bits per heavy atom. The first kappa shape index (κ1) is 12.6. The SMILES string of the molecule is CC(Nc1ccc(Br)nc1)c1cnc2ccsc2c1. The highest BCUT2D eigenvalue weighted by Gasteiger charge is 2.07. The van der Waals surface area contributed by atoms with E-state index in [1.165, 1.54) is 10.3 Å². The molecule has 0 amide bonds. The van der Waals surface area contributed by atoms with Gasteiger partial charge >= 0.3 is 0 Å². The molecule has 1 N–H and O–H groups in total. The van der Waals surface area contributed by atoms with Crippen LogP contribution in [0.1, 0.15) is 18.5 Å². The number of rotatable bonds is 3. The lowest BCUT2D eigenvalue weighted by molar-refractivity contribution is 0.878. The quantitative estimate of drug-likeness (QED) is 0.710. The maximum Gasteiger partial charge on any atom is 0.106 e. The Morgan fingerprint density at radius 3 is 2.89 bits per heavy atom. The molecule has 96 valence electrons. The molecular formula is C14H12BrN3S. The molecule has 1 unspecified atom stereocenters. The number of aromatic nitrogens is 2. The van der Waals surface area contributed by atoms with Crippen LogP contribution in [0.5, 0.6) is 0 Å². The van der Waals surface area contributed by atoms with Gasteiger partial charge in [-0.1, -0.05) is 0 Å². The Kier molecular flexibility index (Phi) is 3.48. The van der Waals surface area contributed by atoms with Gasteiger partial charge in [0.2, 0.25) is 0 Å². The number of hydrogen-bond acceptors (Lipinski definition) is 4. The van der Waals surface area contributed by atoms with E-state index in [-0.39, 0.29) is 6.04 Å². The molecular weight excluding hydrogens is 322 g/mol. The third-order valence-electron chi connectivity index (χ3n) is 2.93. The first-order chi connectivity index (χ1) is 9.22. The fourth-order valence-electron chi connectivity index (χ4n) is 1.89. The minimum atomic E-state index is 0.196. The Morgan fingerprint density at radius 1 is 1.21 bits per heavy atom. The molecule has 5 heteroatoms. The van der Waals surface area contributed by atoms with Crippen LogP contribution in [-0.2, 0) is 0 Å². The van der Waals surface area contributed by atoms with Gasteiger partial charge in [0.15, 0.2) is 0 Å². The van der Waals surface area contributed by atoms with Crippen molar-refractivity contribution < 1.29 is 0 Å². The summed E-state index contributed by atoms with van der Waals surface area (Å²) < 4.78 is 2.06. The summed E-state index contributed by atoms with van der Waals surface area (Å²) in [5.74, 6) is 0. The minimum Gasteiger partial charge on any atom is -0.377 e. The molecule has 3 aromatic rings. The molecule has 0 saturated carbocycles. The topological polar surface area (TPSA) is 37.8 Å². The van der Waals surface area contributed by atoms with E-state index in [0.717, 1.165) is 15.8 Å². The molecule has 0 aliphatic heterocycles. The number of thiophene rings is 1. The molecule has 3 aromatic heterocycles. The Labute approximate surface area is 123 Å². The second kappa shape index (κ2) is 5.27. The summed E-state index contributed by atoms with van der Waals surface area (Å²) in [7, 11) is 0. The largest absolute Gasteiger partial charge is 0.377 e. The van der Waals surface area contributed by atoms with Crippen LogP contribution in [0.3, 0.4) is 0 Å². The third kappa shape index (κ3) is 2.77. The number of pyridine rings is 2. The van der Waals surface area contributed by atoms with E-state index in [4.69, 9.17) is 0 Å². The van der Waals surface area contributed by atoms with Crippen LogP contribution in [0.15, 0.2) is 46.6 Å². The van der Waals surface area contributed by atoms with Crippen molar-refractivity contribution in [3.8, 4) is 0 Å². The lowest BCUT2D eigenvalue weighted by Crippen LogP contribution is -2.07. The highest BCUT2D eigenvalue weighted by molar-refractivity contribution is 9.10. The monoisotopic (exact) mass is 333 g/mol. The Bertz CT molecular complexity index is 693. The minimum absolute atomic E-state index is 0.196. The molecule has 3 rings (SSSR count). The molecule has 0 spiro atoms.